The Morgan fingerprint density at radius 2 is 1.89 bits per heavy atom. The Balaban J connectivity index is 2.13. The summed E-state index contributed by atoms with van der Waals surface area (Å²) in [7, 11) is 0. The van der Waals surface area contributed by atoms with Crippen molar-refractivity contribution in [3.05, 3.63) is 29.6 Å². The minimum atomic E-state index is -0.302. The minimum absolute atomic E-state index is 0.117. The Kier molecular flexibility index (Phi) is 4.23. The maximum atomic E-state index is 13.8. The molecule has 18 heavy (non-hydrogen) atoms. The number of halogens is 1. The molecule has 1 aromatic carbocycles. The average molecular weight is 251 g/mol. The van der Waals surface area contributed by atoms with E-state index < -0.39 is 0 Å². The van der Waals surface area contributed by atoms with Crippen LogP contribution in [0.25, 0.3) is 0 Å². The van der Waals surface area contributed by atoms with Crippen molar-refractivity contribution in [3.8, 4) is 5.75 Å². The molecule has 1 aromatic rings. The lowest BCUT2D eigenvalue weighted by molar-refractivity contribution is 0.0960. The summed E-state index contributed by atoms with van der Waals surface area (Å²) < 4.78 is 19.7. The number of nitrogens with two attached hydrogens (primary N) is 1. The third-order valence-corrected chi connectivity index (χ3v) is 3.69. The highest BCUT2D eigenvalue weighted by molar-refractivity contribution is 5.35. The van der Waals surface area contributed by atoms with Crippen molar-refractivity contribution in [2.75, 3.05) is 0 Å². The van der Waals surface area contributed by atoms with Crippen LogP contribution < -0.4 is 10.5 Å². The number of hydrogen-bond acceptors (Lipinski definition) is 2. The van der Waals surface area contributed by atoms with Crippen molar-refractivity contribution >= 4 is 0 Å². The molecule has 2 unspecified atom stereocenters. The van der Waals surface area contributed by atoms with Gasteiger partial charge in [-0.25, -0.2) is 4.39 Å². The zero-order chi connectivity index (χ0) is 13.1. The molecule has 1 fully saturated rings. The van der Waals surface area contributed by atoms with Gasteiger partial charge in [0.05, 0.1) is 6.10 Å². The number of hydrogen-bond donors (Lipinski definition) is 1. The highest BCUT2D eigenvalue weighted by Crippen LogP contribution is 2.33. The minimum Gasteiger partial charge on any atom is -0.487 e. The van der Waals surface area contributed by atoms with Crippen LogP contribution in [-0.2, 0) is 6.54 Å². The second kappa shape index (κ2) is 5.70. The lowest BCUT2D eigenvalue weighted by atomic mass is 9.82. The molecule has 0 amide bonds. The Bertz CT molecular complexity index is 397. The fourth-order valence-corrected chi connectivity index (χ4v) is 2.98. The molecule has 0 heterocycles. The van der Waals surface area contributed by atoms with Crippen molar-refractivity contribution in [2.45, 2.75) is 45.8 Å². The Morgan fingerprint density at radius 1 is 1.22 bits per heavy atom. The SMILES string of the molecule is CC1CC(C)CC(Oc2c(F)cccc2CN)C1. The first kappa shape index (κ1) is 13.3. The second-order valence-corrected chi connectivity index (χ2v) is 5.59. The highest BCUT2D eigenvalue weighted by Gasteiger charge is 2.26. The fourth-order valence-electron chi connectivity index (χ4n) is 2.98. The molecule has 1 aliphatic rings. The van der Waals surface area contributed by atoms with E-state index >= 15 is 0 Å². The van der Waals surface area contributed by atoms with Crippen LogP contribution in [0.2, 0.25) is 0 Å². The van der Waals surface area contributed by atoms with Crippen LogP contribution in [0, 0.1) is 17.7 Å². The number of benzene rings is 1. The number of rotatable bonds is 3. The molecule has 1 saturated carbocycles. The van der Waals surface area contributed by atoms with Gasteiger partial charge in [-0.05, 0) is 37.2 Å². The molecule has 0 spiro atoms. The largest absolute Gasteiger partial charge is 0.487 e. The highest BCUT2D eigenvalue weighted by atomic mass is 19.1. The molecule has 3 heteroatoms. The van der Waals surface area contributed by atoms with Crippen molar-refractivity contribution in [1.29, 1.82) is 0 Å². The summed E-state index contributed by atoms with van der Waals surface area (Å²) in [6, 6.07) is 4.94. The smallest absolute Gasteiger partial charge is 0.165 e. The van der Waals surface area contributed by atoms with Gasteiger partial charge >= 0.3 is 0 Å². The first-order valence-corrected chi connectivity index (χ1v) is 6.74. The predicted molar refractivity (Wildman–Crippen MR) is 70.9 cm³/mol. The van der Waals surface area contributed by atoms with Crippen LogP contribution in [0.5, 0.6) is 5.75 Å². The molecule has 2 rings (SSSR count). The Labute approximate surface area is 108 Å². The molecule has 0 bridgehead atoms. The van der Waals surface area contributed by atoms with Crippen molar-refractivity contribution in [2.24, 2.45) is 17.6 Å². The van der Waals surface area contributed by atoms with Crippen molar-refractivity contribution < 1.29 is 9.13 Å². The van der Waals surface area contributed by atoms with E-state index in [1.165, 1.54) is 12.5 Å². The second-order valence-electron chi connectivity index (χ2n) is 5.59. The quantitative estimate of drug-likeness (QED) is 0.892. The number of ether oxygens (including phenoxy) is 1. The average Bonchev–Trinajstić information content (AvgIpc) is 2.30. The van der Waals surface area contributed by atoms with Crippen LogP contribution in [0.15, 0.2) is 18.2 Å². The summed E-state index contributed by atoms with van der Waals surface area (Å²) in [5, 5.41) is 0. The zero-order valence-corrected chi connectivity index (χ0v) is 11.2. The lowest BCUT2D eigenvalue weighted by Gasteiger charge is -2.32. The summed E-state index contributed by atoms with van der Waals surface area (Å²) in [4.78, 5) is 0. The van der Waals surface area contributed by atoms with Gasteiger partial charge in [-0.2, -0.15) is 0 Å². The monoisotopic (exact) mass is 251 g/mol. The Hall–Kier alpha value is -1.09. The van der Waals surface area contributed by atoms with Gasteiger partial charge in [0.1, 0.15) is 0 Å². The molecule has 0 radical (unpaired) electrons. The van der Waals surface area contributed by atoms with E-state index in [1.807, 2.05) is 6.07 Å². The van der Waals surface area contributed by atoms with Gasteiger partial charge < -0.3 is 10.5 Å². The topological polar surface area (TPSA) is 35.2 Å². The molecular weight excluding hydrogens is 229 g/mol. The standard InChI is InChI=1S/C15H22FNO/c1-10-6-11(2)8-13(7-10)18-15-12(9-17)4-3-5-14(15)16/h3-5,10-11,13H,6-9,17H2,1-2H3. The van der Waals surface area contributed by atoms with E-state index in [-0.39, 0.29) is 11.9 Å². The summed E-state index contributed by atoms with van der Waals surface area (Å²) in [5.41, 5.74) is 6.38. The lowest BCUT2D eigenvalue weighted by Crippen LogP contribution is -2.29. The van der Waals surface area contributed by atoms with E-state index in [0.717, 1.165) is 18.4 Å². The van der Waals surface area contributed by atoms with Gasteiger partial charge in [0.2, 0.25) is 0 Å². The first-order valence-electron chi connectivity index (χ1n) is 6.74. The van der Waals surface area contributed by atoms with Crippen molar-refractivity contribution in [1.82, 2.24) is 0 Å². The molecule has 0 saturated heterocycles. The summed E-state index contributed by atoms with van der Waals surface area (Å²) >= 11 is 0. The molecule has 1 aliphatic carbocycles. The van der Waals surface area contributed by atoms with E-state index in [4.69, 9.17) is 10.5 Å². The normalized spacial score (nSPS) is 28.1. The first-order chi connectivity index (χ1) is 8.60. The zero-order valence-electron chi connectivity index (χ0n) is 11.2. The van der Waals surface area contributed by atoms with Crippen molar-refractivity contribution in [3.63, 3.8) is 0 Å². The van der Waals surface area contributed by atoms with Gasteiger partial charge in [-0.15, -0.1) is 0 Å². The van der Waals surface area contributed by atoms with E-state index in [0.29, 0.717) is 24.1 Å². The van der Waals surface area contributed by atoms with Crippen LogP contribution in [-0.4, -0.2) is 6.10 Å². The van der Waals surface area contributed by atoms with Gasteiger partial charge in [0.25, 0.3) is 0 Å². The molecule has 2 nitrogen and oxygen atoms in total. The van der Waals surface area contributed by atoms with E-state index in [2.05, 4.69) is 13.8 Å². The molecule has 100 valence electrons. The summed E-state index contributed by atoms with van der Waals surface area (Å²) in [5.74, 6) is 1.34. The fraction of sp³-hybridized carbons (Fsp3) is 0.600. The molecule has 2 N–H and O–H groups in total. The third kappa shape index (κ3) is 3.02. The Morgan fingerprint density at radius 3 is 2.50 bits per heavy atom. The molecule has 0 aromatic heterocycles. The molecular formula is C15H22FNO. The van der Waals surface area contributed by atoms with Crippen LogP contribution in [0.4, 0.5) is 4.39 Å². The summed E-state index contributed by atoms with van der Waals surface area (Å²) in [6.45, 7) is 4.78. The third-order valence-electron chi connectivity index (χ3n) is 3.69. The maximum absolute atomic E-state index is 13.8. The predicted octanol–water partition coefficient (Wildman–Crippen LogP) is 3.49. The van der Waals surface area contributed by atoms with Crippen LogP contribution in [0.1, 0.15) is 38.7 Å². The maximum Gasteiger partial charge on any atom is 0.165 e. The van der Waals surface area contributed by atoms with Crippen LogP contribution in [0.3, 0.4) is 0 Å². The molecule has 2 atom stereocenters. The van der Waals surface area contributed by atoms with Crippen LogP contribution >= 0.6 is 0 Å². The van der Waals surface area contributed by atoms with E-state index in [9.17, 15) is 4.39 Å². The van der Waals surface area contributed by atoms with Gasteiger partial charge in [0.15, 0.2) is 11.6 Å². The molecule has 0 aliphatic heterocycles. The number of para-hydroxylation sites is 1. The van der Waals surface area contributed by atoms with Gasteiger partial charge in [-0.3, -0.25) is 0 Å². The van der Waals surface area contributed by atoms with Gasteiger partial charge in [0, 0.05) is 12.1 Å². The summed E-state index contributed by atoms with van der Waals surface area (Å²) in [6.07, 6.45) is 3.36. The van der Waals surface area contributed by atoms with E-state index in [1.54, 1.807) is 6.07 Å². The van der Waals surface area contributed by atoms with Gasteiger partial charge in [-0.1, -0.05) is 26.0 Å².